The Balaban J connectivity index is 2.21. The molecule has 0 radical (unpaired) electrons. The number of nitrogens with zero attached hydrogens (tertiary/aromatic N) is 2. The maximum absolute atomic E-state index is 13.9. The highest BCUT2D eigenvalue weighted by Crippen LogP contribution is 2.36. The van der Waals surface area contributed by atoms with Gasteiger partial charge in [-0.05, 0) is 18.2 Å². The monoisotopic (exact) mass is 290 g/mol. The smallest absolute Gasteiger partial charge is 0.264 e. The van der Waals surface area contributed by atoms with Crippen molar-refractivity contribution >= 4 is 5.88 Å². The lowest BCUT2D eigenvalue weighted by molar-refractivity contribution is 0.439. The number of benzene rings is 1. The number of hydrogen-bond acceptors (Lipinski definition) is 5. The van der Waals surface area contributed by atoms with Crippen LogP contribution in [0.15, 0.2) is 39.6 Å². The van der Waals surface area contributed by atoms with Crippen molar-refractivity contribution in [2.24, 2.45) is 0 Å². The van der Waals surface area contributed by atoms with Crippen LogP contribution in [0.5, 0.6) is 0 Å². The Morgan fingerprint density at radius 1 is 1.19 bits per heavy atom. The van der Waals surface area contributed by atoms with Crippen molar-refractivity contribution in [3.05, 3.63) is 52.3 Å². The number of nitrogens with two attached hydrogens (primary N) is 1. The first kappa shape index (κ1) is 13.0. The third-order valence-electron chi connectivity index (χ3n) is 2.84. The second-order valence-electron chi connectivity index (χ2n) is 4.20. The molecule has 3 aromatic rings. The van der Waals surface area contributed by atoms with Crippen LogP contribution in [0.25, 0.3) is 22.5 Å². The van der Waals surface area contributed by atoms with E-state index in [-0.39, 0.29) is 28.4 Å². The summed E-state index contributed by atoms with van der Waals surface area (Å²) >= 11 is 0. The molecule has 2 heterocycles. The number of H-pyrrole nitrogens is 1. The predicted octanol–water partition coefficient (Wildman–Crippen LogP) is 1.95. The summed E-state index contributed by atoms with van der Waals surface area (Å²) in [5.41, 5.74) is 5.82. The number of hydrogen-bond donors (Lipinski definition) is 2. The lowest BCUT2D eigenvalue weighted by Crippen LogP contribution is -2.06. The van der Waals surface area contributed by atoms with E-state index in [4.69, 9.17) is 10.3 Å². The minimum atomic E-state index is -0.810. The molecule has 0 spiro atoms. The van der Waals surface area contributed by atoms with Gasteiger partial charge in [-0.1, -0.05) is 5.16 Å². The molecule has 0 aliphatic carbocycles. The molecule has 0 unspecified atom stereocenters. The van der Waals surface area contributed by atoms with Gasteiger partial charge < -0.3 is 10.3 Å². The fraction of sp³-hybridized carbons (Fsp3) is 0. The Morgan fingerprint density at radius 2 is 2.00 bits per heavy atom. The van der Waals surface area contributed by atoms with Gasteiger partial charge in [0.25, 0.3) is 5.56 Å². The molecule has 1 aromatic carbocycles. The molecular formula is C13H8F2N4O2. The van der Waals surface area contributed by atoms with Crippen LogP contribution in [0, 0.1) is 11.6 Å². The quantitative estimate of drug-likeness (QED) is 0.751. The first-order chi connectivity index (χ1) is 10.1. The Bertz CT molecular complexity index is 852. The normalized spacial score (nSPS) is 10.8. The molecule has 0 amide bonds. The average molecular weight is 290 g/mol. The number of nitrogens with one attached hydrogen (secondary N) is 1. The van der Waals surface area contributed by atoms with Crippen molar-refractivity contribution in [3.63, 3.8) is 0 Å². The molecule has 106 valence electrons. The summed E-state index contributed by atoms with van der Waals surface area (Å²) in [4.78, 5) is 11.0. The minimum Gasteiger partial charge on any atom is -0.367 e. The summed E-state index contributed by atoms with van der Waals surface area (Å²) in [5, 5.41) is 9.72. The second-order valence-corrected chi connectivity index (χ2v) is 4.20. The van der Waals surface area contributed by atoms with E-state index < -0.39 is 17.2 Å². The molecular weight excluding hydrogens is 282 g/mol. The van der Waals surface area contributed by atoms with Crippen LogP contribution in [-0.4, -0.2) is 15.4 Å². The van der Waals surface area contributed by atoms with Crippen LogP contribution in [0.3, 0.4) is 0 Å². The summed E-state index contributed by atoms with van der Waals surface area (Å²) in [6, 6.07) is 5.67. The van der Waals surface area contributed by atoms with Crippen molar-refractivity contribution in [3.8, 4) is 22.5 Å². The highest BCUT2D eigenvalue weighted by atomic mass is 19.1. The SMILES string of the molecule is Nc1onc(-c2ccc(=O)[nH]n2)c1-c1ccc(F)cc1F. The topological polar surface area (TPSA) is 97.8 Å². The Hall–Kier alpha value is -3.03. The molecule has 0 fully saturated rings. The van der Waals surface area contributed by atoms with Crippen LogP contribution in [-0.2, 0) is 0 Å². The van der Waals surface area contributed by atoms with Crippen LogP contribution in [0.1, 0.15) is 0 Å². The van der Waals surface area contributed by atoms with Crippen molar-refractivity contribution in [1.29, 1.82) is 0 Å². The molecule has 6 nitrogen and oxygen atoms in total. The van der Waals surface area contributed by atoms with Gasteiger partial charge in [0.2, 0.25) is 5.88 Å². The van der Waals surface area contributed by atoms with Crippen LogP contribution >= 0.6 is 0 Å². The number of aromatic amines is 1. The van der Waals surface area contributed by atoms with E-state index in [1.54, 1.807) is 0 Å². The highest BCUT2D eigenvalue weighted by Gasteiger charge is 2.21. The number of anilines is 1. The molecule has 2 aromatic heterocycles. The van der Waals surface area contributed by atoms with Gasteiger partial charge in [0.1, 0.15) is 23.0 Å². The predicted molar refractivity (Wildman–Crippen MR) is 70.1 cm³/mol. The molecule has 0 aliphatic heterocycles. The van der Waals surface area contributed by atoms with Gasteiger partial charge in [0, 0.05) is 17.7 Å². The van der Waals surface area contributed by atoms with Gasteiger partial charge >= 0.3 is 0 Å². The second kappa shape index (κ2) is 4.82. The number of aromatic nitrogens is 3. The van der Waals surface area contributed by atoms with E-state index in [0.717, 1.165) is 12.1 Å². The van der Waals surface area contributed by atoms with Gasteiger partial charge in [-0.3, -0.25) is 4.79 Å². The number of rotatable bonds is 2. The zero-order valence-electron chi connectivity index (χ0n) is 10.4. The summed E-state index contributed by atoms with van der Waals surface area (Å²) in [7, 11) is 0. The lowest BCUT2D eigenvalue weighted by Gasteiger charge is -2.03. The first-order valence-electron chi connectivity index (χ1n) is 5.83. The minimum absolute atomic E-state index is 0.0261. The van der Waals surface area contributed by atoms with Crippen LogP contribution in [0.4, 0.5) is 14.7 Å². The van der Waals surface area contributed by atoms with E-state index in [1.807, 2.05) is 0 Å². The molecule has 0 bridgehead atoms. The standard InChI is InChI=1S/C13H8F2N4O2/c14-6-1-2-7(8(15)5-6)11-12(19-21-13(11)16)9-3-4-10(20)18-17-9/h1-5H,16H2,(H,18,20). The molecule has 0 aliphatic rings. The van der Waals surface area contributed by atoms with E-state index in [9.17, 15) is 13.6 Å². The van der Waals surface area contributed by atoms with Crippen LogP contribution < -0.4 is 11.3 Å². The Labute approximate surface area is 116 Å². The highest BCUT2D eigenvalue weighted by molar-refractivity contribution is 5.85. The van der Waals surface area contributed by atoms with Gasteiger partial charge in [-0.15, -0.1) is 0 Å². The first-order valence-corrected chi connectivity index (χ1v) is 5.83. The molecule has 8 heteroatoms. The maximum atomic E-state index is 13.9. The number of nitrogen functional groups attached to an aromatic ring is 1. The van der Waals surface area contributed by atoms with E-state index in [2.05, 4.69) is 15.4 Å². The zero-order valence-corrected chi connectivity index (χ0v) is 10.4. The summed E-state index contributed by atoms with van der Waals surface area (Å²) < 4.78 is 31.8. The van der Waals surface area contributed by atoms with Gasteiger partial charge in [-0.2, -0.15) is 5.10 Å². The third kappa shape index (κ3) is 2.27. The van der Waals surface area contributed by atoms with Gasteiger partial charge in [0.05, 0.1) is 5.56 Å². The molecule has 0 atom stereocenters. The maximum Gasteiger partial charge on any atom is 0.264 e. The lowest BCUT2D eigenvalue weighted by atomic mass is 10.0. The van der Waals surface area contributed by atoms with Crippen LogP contribution in [0.2, 0.25) is 0 Å². The molecule has 3 N–H and O–H groups in total. The van der Waals surface area contributed by atoms with E-state index in [0.29, 0.717) is 0 Å². The van der Waals surface area contributed by atoms with E-state index in [1.165, 1.54) is 18.2 Å². The van der Waals surface area contributed by atoms with Crippen molar-refractivity contribution in [2.45, 2.75) is 0 Å². The Morgan fingerprint density at radius 3 is 2.67 bits per heavy atom. The molecule has 3 rings (SSSR count). The summed E-state index contributed by atoms with van der Waals surface area (Å²) in [6.45, 7) is 0. The summed E-state index contributed by atoms with van der Waals surface area (Å²) in [6.07, 6.45) is 0. The number of halogens is 2. The fourth-order valence-electron chi connectivity index (χ4n) is 1.91. The van der Waals surface area contributed by atoms with E-state index >= 15 is 0 Å². The summed E-state index contributed by atoms with van der Waals surface area (Å²) in [5.74, 6) is -1.66. The fourth-order valence-corrected chi connectivity index (χ4v) is 1.91. The third-order valence-corrected chi connectivity index (χ3v) is 2.84. The largest absolute Gasteiger partial charge is 0.367 e. The average Bonchev–Trinajstić information content (AvgIpc) is 2.82. The van der Waals surface area contributed by atoms with Crippen molar-refractivity contribution in [1.82, 2.24) is 15.4 Å². The molecule has 0 saturated carbocycles. The molecule has 21 heavy (non-hydrogen) atoms. The van der Waals surface area contributed by atoms with Gasteiger partial charge in [-0.25, -0.2) is 13.9 Å². The van der Waals surface area contributed by atoms with Crippen molar-refractivity contribution in [2.75, 3.05) is 5.73 Å². The zero-order chi connectivity index (χ0) is 15.0. The van der Waals surface area contributed by atoms with Crippen molar-refractivity contribution < 1.29 is 13.3 Å². The Kier molecular flexibility index (Phi) is 2.98. The van der Waals surface area contributed by atoms with Gasteiger partial charge in [0.15, 0.2) is 0 Å². The molecule has 0 saturated heterocycles.